The fourth-order valence-electron chi connectivity index (χ4n) is 1.87. The van der Waals surface area contributed by atoms with Crippen LogP contribution in [-0.2, 0) is 4.79 Å². The molecule has 1 heterocycles. The van der Waals surface area contributed by atoms with Crippen molar-refractivity contribution in [3.63, 3.8) is 0 Å². The number of anilines is 1. The molecule has 17 heavy (non-hydrogen) atoms. The van der Waals surface area contributed by atoms with Gasteiger partial charge in [0.15, 0.2) is 11.6 Å². The van der Waals surface area contributed by atoms with Crippen LogP contribution in [0.3, 0.4) is 0 Å². The lowest BCUT2D eigenvalue weighted by Crippen LogP contribution is -2.24. The molecule has 0 radical (unpaired) electrons. The summed E-state index contributed by atoms with van der Waals surface area (Å²) in [6.45, 7) is 0.321. The fourth-order valence-corrected chi connectivity index (χ4v) is 1.87. The second kappa shape index (κ2) is 4.42. The molecule has 1 aliphatic heterocycles. The van der Waals surface area contributed by atoms with E-state index in [4.69, 9.17) is 10.00 Å². The number of methoxy groups -OCH3 is 1. The van der Waals surface area contributed by atoms with Crippen LogP contribution in [0.1, 0.15) is 6.42 Å². The summed E-state index contributed by atoms with van der Waals surface area (Å²) < 4.78 is 18.3. The number of nitriles is 1. The van der Waals surface area contributed by atoms with E-state index in [9.17, 15) is 9.18 Å². The van der Waals surface area contributed by atoms with Gasteiger partial charge in [0, 0.05) is 24.7 Å². The first-order chi connectivity index (χ1) is 8.15. The van der Waals surface area contributed by atoms with E-state index in [-0.39, 0.29) is 24.0 Å². The van der Waals surface area contributed by atoms with Gasteiger partial charge in [-0.1, -0.05) is 0 Å². The van der Waals surface area contributed by atoms with Crippen LogP contribution >= 0.6 is 0 Å². The van der Waals surface area contributed by atoms with Gasteiger partial charge in [0.1, 0.15) is 0 Å². The van der Waals surface area contributed by atoms with Gasteiger partial charge in [-0.2, -0.15) is 5.26 Å². The molecule has 1 aromatic rings. The predicted molar refractivity (Wildman–Crippen MR) is 59.0 cm³/mol. The van der Waals surface area contributed by atoms with Crippen LogP contribution in [-0.4, -0.2) is 19.6 Å². The van der Waals surface area contributed by atoms with Gasteiger partial charge < -0.3 is 9.64 Å². The maximum absolute atomic E-state index is 13.5. The number of halogens is 1. The Hall–Kier alpha value is -2.09. The Morgan fingerprint density at radius 1 is 1.59 bits per heavy atom. The minimum Gasteiger partial charge on any atom is -0.494 e. The first-order valence-electron chi connectivity index (χ1n) is 5.19. The molecule has 0 saturated carbocycles. The molecule has 0 N–H and O–H groups in total. The number of hydrogen-bond acceptors (Lipinski definition) is 3. The third-order valence-corrected chi connectivity index (χ3v) is 2.75. The standard InChI is InChI=1S/C12H11FN2O2/c1-17-11-3-2-9(5-10(11)13)15-7-8(6-14)4-12(15)16/h2-3,5,8H,4,7H2,1H3. The lowest BCUT2D eigenvalue weighted by molar-refractivity contribution is -0.117. The van der Waals surface area contributed by atoms with Crippen LogP contribution in [0.5, 0.6) is 5.75 Å². The smallest absolute Gasteiger partial charge is 0.228 e. The van der Waals surface area contributed by atoms with Crippen molar-refractivity contribution in [1.29, 1.82) is 5.26 Å². The van der Waals surface area contributed by atoms with Gasteiger partial charge >= 0.3 is 0 Å². The summed E-state index contributed by atoms with van der Waals surface area (Å²) in [5, 5.41) is 8.76. The molecule has 1 atom stereocenters. The second-order valence-electron chi connectivity index (χ2n) is 3.85. The van der Waals surface area contributed by atoms with Crippen LogP contribution in [0, 0.1) is 23.1 Å². The van der Waals surface area contributed by atoms with Crippen molar-refractivity contribution in [2.24, 2.45) is 5.92 Å². The van der Waals surface area contributed by atoms with E-state index in [0.29, 0.717) is 12.2 Å². The SMILES string of the molecule is COc1ccc(N2CC(C#N)CC2=O)cc1F. The van der Waals surface area contributed by atoms with E-state index in [0.717, 1.165) is 0 Å². The molecule has 5 heteroatoms. The Bertz CT molecular complexity index is 496. The van der Waals surface area contributed by atoms with E-state index in [1.165, 1.54) is 24.1 Å². The van der Waals surface area contributed by atoms with Crippen molar-refractivity contribution in [1.82, 2.24) is 0 Å². The normalized spacial score (nSPS) is 19.2. The molecule has 0 spiro atoms. The predicted octanol–water partition coefficient (Wildman–Crippen LogP) is 1.71. The summed E-state index contributed by atoms with van der Waals surface area (Å²) in [6.07, 6.45) is 0.199. The van der Waals surface area contributed by atoms with Crippen LogP contribution in [0.4, 0.5) is 10.1 Å². The number of carbonyl (C=O) groups is 1. The van der Waals surface area contributed by atoms with Gasteiger partial charge in [-0.05, 0) is 12.1 Å². The molecule has 2 rings (SSSR count). The summed E-state index contributed by atoms with van der Waals surface area (Å²) in [5.74, 6) is -0.843. The first kappa shape index (κ1) is 11.4. The van der Waals surface area contributed by atoms with Crippen molar-refractivity contribution in [2.75, 3.05) is 18.6 Å². The number of rotatable bonds is 2. The van der Waals surface area contributed by atoms with E-state index < -0.39 is 5.82 Å². The molecule has 1 fully saturated rings. The zero-order valence-corrected chi connectivity index (χ0v) is 9.31. The Morgan fingerprint density at radius 2 is 2.35 bits per heavy atom. The van der Waals surface area contributed by atoms with Gasteiger partial charge in [0.2, 0.25) is 5.91 Å². The monoisotopic (exact) mass is 234 g/mol. The number of carbonyl (C=O) groups excluding carboxylic acids is 1. The van der Waals surface area contributed by atoms with Crippen molar-refractivity contribution >= 4 is 11.6 Å². The lowest BCUT2D eigenvalue weighted by atomic mass is 10.1. The average molecular weight is 234 g/mol. The minimum atomic E-state index is -0.516. The lowest BCUT2D eigenvalue weighted by Gasteiger charge is -2.16. The molecule has 0 aliphatic carbocycles. The topological polar surface area (TPSA) is 53.3 Å². The Balaban J connectivity index is 2.27. The van der Waals surface area contributed by atoms with Crippen LogP contribution in [0.25, 0.3) is 0 Å². The van der Waals surface area contributed by atoms with Crippen LogP contribution in [0.2, 0.25) is 0 Å². The molecule has 88 valence electrons. The fraction of sp³-hybridized carbons (Fsp3) is 0.333. The molecule has 1 aromatic carbocycles. The van der Waals surface area contributed by atoms with E-state index >= 15 is 0 Å². The Kier molecular flexibility index (Phi) is 2.96. The second-order valence-corrected chi connectivity index (χ2v) is 3.85. The summed E-state index contributed by atoms with van der Waals surface area (Å²) in [6, 6.07) is 6.38. The van der Waals surface area contributed by atoms with Crippen molar-refractivity contribution < 1.29 is 13.9 Å². The molecule has 0 aromatic heterocycles. The third-order valence-electron chi connectivity index (χ3n) is 2.75. The summed E-state index contributed by atoms with van der Waals surface area (Å²) in [7, 11) is 1.38. The molecule has 4 nitrogen and oxygen atoms in total. The zero-order chi connectivity index (χ0) is 12.4. The van der Waals surface area contributed by atoms with Crippen molar-refractivity contribution in [3.8, 4) is 11.8 Å². The molecule has 0 bridgehead atoms. The van der Waals surface area contributed by atoms with Gasteiger partial charge in [0.25, 0.3) is 0 Å². The van der Waals surface area contributed by atoms with Crippen molar-refractivity contribution in [3.05, 3.63) is 24.0 Å². The molecule has 1 unspecified atom stereocenters. The Labute approximate surface area is 98.2 Å². The van der Waals surface area contributed by atoms with E-state index in [1.807, 2.05) is 0 Å². The highest BCUT2D eigenvalue weighted by Crippen LogP contribution is 2.28. The summed E-state index contributed by atoms with van der Waals surface area (Å²) in [5.41, 5.74) is 0.464. The highest BCUT2D eigenvalue weighted by atomic mass is 19.1. The number of amides is 1. The number of benzene rings is 1. The number of ether oxygens (including phenoxy) is 1. The van der Waals surface area contributed by atoms with Gasteiger partial charge in [-0.25, -0.2) is 4.39 Å². The number of nitrogens with zero attached hydrogens (tertiary/aromatic N) is 2. The summed E-state index contributed by atoms with van der Waals surface area (Å²) in [4.78, 5) is 13.1. The summed E-state index contributed by atoms with van der Waals surface area (Å²) >= 11 is 0. The quantitative estimate of drug-likeness (QED) is 0.782. The van der Waals surface area contributed by atoms with Gasteiger partial charge in [-0.3, -0.25) is 4.79 Å². The minimum absolute atomic E-state index is 0.136. The zero-order valence-electron chi connectivity index (χ0n) is 9.31. The molecule has 1 saturated heterocycles. The van der Waals surface area contributed by atoms with Crippen LogP contribution in [0.15, 0.2) is 18.2 Å². The first-order valence-corrected chi connectivity index (χ1v) is 5.19. The average Bonchev–Trinajstić information content (AvgIpc) is 2.70. The molecular formula is C12H11FN2O2. The van der Waals surface area contributed by atoms with Gasteiger partial charge in [-0.15, -0.1) is 0 Å². The molecule has 1 amide bonds. The maximum Gasteiger partial charge on any atom is 0.228 e. The number of hydrogen-bond donors (Lipinski definition) is 0. The third kappa shape index (κ3) is 2.07. The molecule has 1 aliphatic rings. The van der Waals surface area contributed by atoms with Crippen LogP contribution < -0.4 is 9.64 Å². The van der Waals surface area contributed by atoms with E-state index in [2.05, 4.69) is 6.07 Å². The Morgan fingerprint density at radius 3 is 2.88 bits per heavy atom. The largest absolute Gasteiger partial charge is 0.494 e. The highest BCUT2D eigenvalue weighted by Gasteiger charge is 2.30. The maximum atomic E-state index is 13.5. The van der Waals surface area contributed by atoms with Gasteiger partial charge in [0.05, 0.1) is 19.1 Å². The highest BCUT2D eigenvalue weighted by molar-refractivity contribution is 5.96. The van der Waals surface area contributed by atoms with Crippen molar-refractivity contribution in [2.45, 2.75) is 6.42 Å². The molecular weight excluding hydrogens is 223 g/mol. The van der Waals surface area contributed by atoms with E-state index in [1.54, 1.807) is 6.07 Å².